The van der Waals surface area contributed by atoms with E-state index in [1.165, 1.54) is 77.0 Å². The van der Waals surface area contributed by atoms with Gasteiger partial charge in [0.2, 0.25) is 0 Å². The van der Waals surface area contributed by atoms with E-state index < -0.39 is 0 Å². The summed E-state index contributed by atoms with van der Waals surface area (Å²) in [6, 6.07) is 70.4. The Hall–Kier alpha value is -6.64. The van der Waals surface area contributed by atoms with Gasteiger partial charge in [0.05, 0.1) is 22.1 Å². The van der Waals surface area contributed by atoms with Crippen LogP contribution in [0.4, 0.5) is 0 Å². The van der Waals surface area contributed by atoms with Crippen LogP contribution in [-0.4, -0.2) is 9.13 Å². The minimum Gasteiger partial charge on any atom is -0.309 e. The number of para-hydroxylation sites is 3. The highest BCUT2D eigenvalue weighted by molar-refractivity contribution is 6.11. The first-order chi connectivity index (χ1) is 24.8. The Kier molecular flexibility index (Phi) is 6.53. The molecule has 50 heavy (non-hydrogen) atoms. The van der Waals surface area contributed by atoms with Crippen molar-refractivity contribution < 1.29 is 0 Å². The van der Waals surface area contributed by atoms with Crippen molar-refractivity contribution in [3.05, 3.63) is 194 Å². The molecule has 2 heteroatoms. The molecule has 8 aromatic carbocycles. The molecule has 0 unspecified atom stereocenters. The zero-order chi connectivity index (χ0) is 33.0. The van der Waals surface area contributed by atoms with Gasteiger partial charge in [-0.1, -0.05) is 140 Å². The van der Waals surface area contributed by atoms with Crippen molar-refractivity contribution in [2.45, 2.75) is 0 Å². The average Bonchev–Trinajstić information content (AvgIpc) is 3.71. The highest BCUT2D eigenvalue weighted by Crippen LogP contribution is 2.37. The fourth-order valence-corrected chi connectivity index (χ4v) is 7.77. The summed E-state index contributed by atoms with van der Waals surface area (Å²) in [4.78, 5) is 0. The fourth-order valence-electron chi connectivity index (χ4n) is 7.77. The highest BCUT2D eigenvalue weighted by atomic mass is 15.0. The molecule has 10 aromatic rings. The number of hydrogen-bond acceptors (Lipinski definition) is 0. The number of rotatable bonds is 5. The molecule has 0 fully saturated rings. The molecule has 0 bridgehead atoms. The lowest BCUT2D eigenvalue weighted by Gasteiger charge is -2.12. The Bertz CT molecular complexity index is 2800. The molecule has 0 aliphatic heterocycles. The first kappa shape index (κ1) is 28.4. The van der Waals surface area contributed by atoms with Crippen molar-refractivity contribution in [2.75, 3.05) is 0 Å². The standard InChI is InChI=1S/C48H32N2/c1-2-12-33(13-3-1)34-24-26-35(27-25-34)36-14-10-16-39(30-36)50-47-23-9-6-20-43(47)44-32-38(28-29-48(44)50)37-15-11-17-40(31-37)49-45-21-7-4-18-41(45)42-19-5-8-22-46(42)49/h1-32H. The second-order valence-electron chi connectivity index (χ2n) is 13.0. The second-order valence-corrected chi connectivity index (χ2v) is 13.0. The SMILES string of the molecule is c1ccc(-c2ccc(-c3cccc(-n4c5ccccc5c5cc(-c6cccc(-n7c8ccccc8c8ccccc87)c6)ccc54)c3)cc2)cc1. The number of nitrogens with zero attached hydrogens (tertiary/aromatic N) is 2. The topological polar surface area (TPSA) is 9.86 Å². The van der Waals surface area contributed by atoms with Crippen molar-refractivity contribution in [1.29, 1.82) is 0 Å². The van der Waals surface area contributed by atoms with Crippen LogP contribution in [-0.2, 0) is 0 Å². The van der Waals surface area contributed by atoms with Crippen molar-refractivity contribution in [3.63, 3.8) is 0 Å². The Labute approximate surface area is 290 Å². The van der Waals surface area contributed by atoms with Crippen LogP contribution < -0.4 is 0 Å². The van der Waals surface area contributed by atoms with E-state index in [9.17, 15) is 0 Å². The molecule has 0 N–H and O–H groups in total. The minimum absolute atomic E-state index is 1.15. The monoisotopic (exact) mass is 636 g/mol. The molecule has 2 heterocycles. The van der Waals surface area contributed by atoms with Crippen LogP contribution in [0.3, 0.4) is 0 Å². The highest BCUT2D eigenvalue weighted by Gasteiger charge is 2.15. The molecule has 10 rings (SSSR count). The predicted octanol–water partition coefficient (Wildman–Crippen LogP) is 12.9. The third kappa shape index (κ3) is 4.57. The van der Waals surface area contributed by atoms with E-state index in [1.54, 1.807) is 0 Å². The molecule has 234 valence electrons. The van der Waals surface area contributed by atoms with Crippen LogP contribution in [0.15, 0.2) is 194 Å². The van der Waals surface area contributed by atoms with Gasteiger partial charge in [-0.05, 0) is 88.0 Å². The summed E-state index contributed by atoms with van der Waals surface area (Å²) < 4.78 is 4.80. The lowest BCUT2D eigenvalue weighted by atomic mass is 10.00. The summed E-state index contributed by atoms with van der Waals surface area (Å²) in [5.41, 5.74) is 14.4. The summed E-state index contributed by atoms with van der Waals surface area (Å²) in [5.74, 6) is 0. The molecule has 0 radical (unpaired) electrons. The Balaban J connectivity index is 1.07. The molecule has 0 aliphatic carbocycles. The smallest absolute Gasteiger partial charge is 0.0541 e. The third-order valence-electron chi connectivity index (χ3n) is 10.1. The number of fused-ring (bicyclic) bond motifs is 6. The van der Waals surface area contributed by atoms with Gasteiger partial charge in [-0.2, -0.15) is 0 Å². The number of aromatic nitrogens is 2. The largest absolute Gasteiger partial charge is 0.309 e. The molecule has 0 saturated carbocycles. The summed E-state index contributed by atoms with van der Waals surface area (Å²) in [6.45, 7) is 0. The van der Waals surface area contributed by atoms with Crippen LogP contribution >= 0.6 is 0 Å². The zero-order valence-corrected chi connectivity index (χ0v) is 27.4. The molecule has 0 amide bonds. The lowest BCUT2D eigenvalue weighted by Crippen LogP contribution is -1.95. The Morgan fingerprint density at radius 3 is 1.14 bits per heavy atom. The van der Waals surface area contributed by atoms with Crippen molar-refractivity contribution in [1.82, 2.24) is 9.13 Å². The molecule has 2 nitrogen and oxygen atoms in total. The van der Waals surface area contributed by atoms with Gasteiger partial charge in [0.25, 0.3) is 0 Å². The maximum Gasteiger partial charge on any atom is 0.0541 e. The van der Waals surface area contributed by atoms with Gasteiger partial charge in [-0.25, -0.2) is 0 Å². The Morgan fingerprint density at radius 2 is 0.580 bits per heavy atom. The summed E-state index contributed by atoms with van der Waals surface area (Å²) >= 11 is 0. The third-order valence-corrected chi connectivity index (χ3v) is 10.1. The molecular weight excluding hydrogens is 605 g/mol. The van der Waals surface area contributed by atoms with E-state index in [4.69, 9.17) is 0 Å². The maximum absolute atomic E-state index is 2.41. The van der Waals surface area contributed by atoms with Crippen LogP contribution in [0.2, 0.25) is 0 Å². The maximum atomic E-state index is 2.41. The Morgan fingerprint density at radius 1 is 0.220 bits per heavy atom. The van der Waals surface area contributed by atoms with Crippen LogP contribution in [0, 0.1) is 0 Å². The molecule has 2 aromatic heterocycles. The normalized spacial score (nSPS) is 11.6. The van der Waals surface area contributed by atoms with E-state index in [0.717, 1.165) is 11.4 Å². The van der Waals surface area contributed by atoms with E-state index in [-0.39, 0.29) is 0 Å². The van der Waals surface area contributed by atoms with Gasteiger partial charge >= 0.3 is 0 Å². The molecule has 0 saturated heterocycles. The van der Waals surface area contributed by atoms with Gasteiger partial charge in [-0.3, -0.25) is 0 Å². The van der Waals surface area contributed by atoms with E-state index >= 15 is 0 Å². The zero-order valence-electron chi connectivity index (χ0n) is 27.4. The van der Waals surface area contributed by atoms with E-state index in [2.05, 4.69) is 203 Å². The van der Waals surface area contributed by atoms with Crippen LogP contribution in [0.25, 0.3) is 88.4 Å². The van der Waals surface area contributed by atoms with Crippen LogP contribution in [0.1, 0.15) is 0 Å². The van der Waals surface area contributed by atoms with Gasteiger partial charge in [0, 0.05) is 32.9 Å². The predicted molar refractivity (Wildman–Crippen MR) is 211 cm³/mol. The van der Waals surface area contributed by atoms with Crippen LogP contribution in [0.5, 0.6) is 0 Å². The fraction of sp³-hybridized carbons (Fsp3) is 0. The second kappa shape index (κ2) is 11.5. The summed E-state index contributed by atoms with van der Waals surface area (Å²) in [5, 5.41) is 5.05. The molecular formula is C48H32N2. The first-order valence-corrected chi connectivity index (χ1v) is 17.2. The number of benzene rings is 8. The van der Waals surface area contributed by atoms with E-state index in [1.807, 2.05) is 0 Å². The number of hydrogen-bond donors (Lipinski definition) is 0. The summed E-state index contributed by atoms with van der Waals surface area (Å²) in [6.07, 6.45) is 0. The van der Waals surface area contributed by atoms with Gasteiger partial charge < -0.3 is 9.13 Å². The van der Waals surface area contributed by atoms with Crippen molar-refractivity contribution >= 4 is 43.6 Å². The molecule has 0 aliphatic rings. The lowest BCUT2D eigenvalue weighted by molar-refractivity contribution is 1.18. The van der Waals surface area contributed by atoms with Gasteiger partial charge in [0.15, 0.2) is 0 Å². The quantitative estimate of drug-likeness (QED) is 0.178. The van der Waals surface area contributed by atoms with Crippen molar-refractivity contribution in [3.8, 4) is 44.8 Å². The minimum atomic E-state index is 1.15. The van der Waals surface area contributed by atoms with E-state index in [0.29, 0.717) is 0 Å². The molecule has 0 atom stereocenters. The first-order valence-electron chi connectivity index (χ1n) is 17.2. The average molecular weight is 637 g/mol. The van der Waals surface area contributed by atoms with Gasteiger partial charge in [-0.15, -0.1) is 0 Å². The van der Waals surface area contributed by atoms with Gasteiger partial charge in [0.1, 0.15) is 0 Å². The molecule has 0 spiro atoms. The van der Waals surface area contributed by atoms with Crippen molar-refractivity contribution in [2.24, 2.45) is 0 Å². The summed E-state index contributed by atoms with van der Waals surface area (Å²) in [7, 11) is 0.